The molecule has 1 saturated heterocycles. The first-order chi connectivity index (χ1) is 24.7. The van der Waals surface area contributed by atoms with E-state index in [1.807, 2.05) is 31.2 Å². The molecule has 3 atom stereocenters. The van der Waals surface area contributed by atoms with Crippen molar-refractivity contribution in [2.24, 2.45) is 11.5 Å². The van der Waals surface area contributed by atoms with E-state index >= 15 is 0 Å². The number of carbonyl (C=O) groups excluding carboxylic acids is 3. The maximum Gasteiger partial charge on any atom is 0.352 e. The molecule has 52 heavy (non-hydrogen) atoms. The second-order valence-electron chi connectivity index (χ2n) is 13.6. The highest BCUT2D eigenvalue weighted by molar-refractivity contribution is 6.04. The molecule has 0 radical (unpaired) electrons. The summed E-state index contributed by atoms with van der Waals surface area (Å²) < 4.78 is 6.18. The van der Waals surface area contributed by atoms with Gasteiger partial charge in [-0.15, -0.1) is 0 Å². The van der Waals surface area contributed by atoms with Gasteiger partial charge < -0.3 is 42.0 Å². The van der Waals surface area contributed by atoms with Gasteiger partial charge in [0.25, 0.3) is 5.91 Å². The number of likely N-dealkylation sites (tertiary alicyclic amines) is 1. The molecule has 0 aliphatic carbocycles. The van der Waals surface area contributed by atoms with E-state index in [1.54, 1.807) is 24.4 Å². The molecule has 8 N–H and O–H groups in total. The van der Waals surface area contributed by atoms with E-state index in [2.05, 4.69) is 22.2 Å². The average molecular weight is 715 g/mol. The predicted octanol–water partition coefficient (Wildman–Crippen LogP) is 3.74. The zero-order chi connectivity index (χ0) is 38.2. The number of aliphatic hydroxyl groups is 1. The van der Waals surface area contributed by atoms with Crippen LogP contribution in [-0.2, 0) is 14.4 Å². The molecular weight excluding hydrogens is 664 g/mol. The Balaban J connectivity index is 1.73. The van der Waals surface area contributed by atoms with Crippen LogP contribution in [0.2, 0.25) is 0 Å². The number of amides is 3. The molecule has 1 aliphatic heterocycles. The summed E-state index contributed by atoms with van der Waals surface area (Å²) in [6.45, 7) is 11.7. The molecule has 13 heteroatoms. The summed E-state index contributed by atoms with van der Waals surface area (Å²) in [7, 11) is 0. The van der Waals surface area contributed by atoms with Crippen LogP contribution in [0.1, 0.15) is 75.7 Å². The van der Waals surface area contributed by atoms with Gasteiger partial charge in [0.2, 0.25) is 11.8 Å². The number of rotatable bonds is 16. The number of aliphatic carboxylic acids is 1. The van der Waals surface area contributed by atoms with Crippen molar-refractivity contribution in [1.82, 2.24) is 20.5 Å². The second-order valence-corrected chi connectivity index (χ2v) is 13.6. The summed E-state index contributed by atoms with van der Waals surface area (Å²) in [5.74, 6) is -2.77. The molecule has 2 heterocycles. The van der Waals surface area contributed by atoms with Crippen molar-refractivity contribution in [1.29, 1.82) is 0 Å². The van der Waals surface area contributed by atoms with Crippen molar-refractivity contribution < 1.29 is 34.1 Å². The van der Waals surface area contributed by atoms with Gasteiger partial charge >= 0.3 is 5.97 Å². The standard InChI is InChI=1S/C39H50N6O7/c1-23(2)28-22-42-29-12-7-6-11-26(29)32(28)27-21-25(14-15-31(27)52-20-10-18-41)35(46)43-30(13-8-9-17-40)37(48)45-19-16-39(5,51)34(45)36(47)44-33(24(3)4)38(49)50/h6-7,11-12,14-15,21-22,30,34,51H,1,8-10,13,16-20,40-41H2,2-5H3,(H,43,46)(H,44,47)(H,49,50)/t30-,34?,39?/m0/s1. The lowest BCUT2D eigenvalue weighted by atomic mass is 9.91. The van der Waals surface area contributed by atoms with Crippen LogP contribution in [0.4, 0.5) is 0 Å². The van der Waals surface area contributed by atoms with E-state index in [4.69, 9.17) is 16.2 Å². The van der Waals surface area contributed by atoms with Gasteiger partial charge in [0.05, 0.1) is 17.7 Å². The lowest BCUT2D eigenvalue weighted by molar-refractivity contribution is -0.145. The molecule has 0 spiro atoms. The Labute approximate surface area is 304 Å². The van der Waals surface area contributed by atoms with Crippen molar-refractivity contribution in [3.8, 4) is 16.9 Å². The molecule has 0 bridgehead atoms. The molecule has 3 aromatic rings. The third-order valence-corrected chi connectivity index (χ3v) is 9.16. The van der Waals surface area contributed by atoms with Crippen LogP contribution in [-0.4, -0.2) is 87.7 Å². The minimum Gasteiger partial charge on any atom is -0.493 e. The van der Waals surface area contributed by atoms with Gasteiger partial charge in [-0.25, -0.2) is 4.79 Å². The van der Waals surface area contributed by atoms with E-state index in [9.17, 15) is 29.4 Å². The Hall–Kier alpha value is -5.11. The number of carboxylic acids is 1. The Morgan fingerprint density at radius 3 is 2.44 bits per heavy atom. The molecule has 2 unspecified atom stereocenters. The zero-order valence-corrected chi connectivity index (χ0v) is 30.3. The van der Waals surface area contributed by atoms with Crippen molar-refractivity contribution >= 4 is 40.2 Å². The number of aromatic nitrogens is 1. The number of nitrogens with two attached hydrogens (primary N) is 2. The summed E-state index contributed by atoms with van der Waals surface area (Å²) in [6.07, 6.45) is 3.73. The zero-order valence-electron chi connectivity index (χ0n) is 30.3. The smallest absolute Gasteiger partial charge is 0.352 e. The van der Waals surface area contributed by atoms with Gasteiger partial charge in [-0.3, -0.25) is 19.4 Å². The number of allylic oxidation sites excluding steroid dienone is 2. The van der Waals surface area contributed by atoms with E-state index in [-0.39, 0.29) is 30.6 Å². The maximum atomic E-state index is 14.2. The molecule has 1 aromatic heterocycles. The lowest BCUT2D eigenvalue weighted by Gasteiger charge is -2.33. The second kappa shape index (κ2) is 17.4. The Morgan fingerprint density at radius 2 is 1.79 bits per heavy atom. The summed E-state index contributed by atoms with van der Waals surface area (Å²) in [6, 6.07) is 10.2. The fraction of sp³-hybridized carbons (Fsp3) is 0.410. The Bertz CT molecular complexity index is 1870. The highest BCUT2D eigenvalue weighted by Gasteiger charge is 2.50. The summed E-state index contributed by atoms with van der Waals surface area (Å²) in [5.41, 5.74) is 13.8. The van der Waals surface area contributed by atoms with Crippen molar-refractivity contribution in [3.63, 3.8) is 0 Å². The fourth-order valence-corrected chi connectivity index (χ4v) is 6.40. The maximum absolute atomic E-state index is 14.2. The number of pyridine rings is 1. The van der Waals surface area contributed by atoms with Crippen molar-refractivity contribution in [3.05, 3.63) is 77.6 Å². The van der Waals surface area contributed by atoms with E-state index in [1.165, 1.54) is 25.7 Å². The first kappa shape index (κ1) is 39.7. The molecule has 13 nitrogen and oxygen atoms in total. The number of nitrogens with zero attached hydrogens (tertiary/aromatic N) is 2. The van der Waals surface area contributed by atoms with Crippen LogP contribution in [0.25, 0.3) is 27.6 Å². The highest BCUT2D eigenvalue weighted by Crippen LogP contribution is 2.40. The van der Waals surface area contributed by atoms with E-state index < -0.39 is 41.4 Å². The molecular formula is C39H50N6O7. The normalized spacial score (nSPS) is 17.4. The van der Waals surface area contributed by atoms with Crippen LogP contribution in [0.15, 0.2) is 66.5 Å². The van der Waals surface area contributed by atoms with E-state index in [0.29, 0.717) is 55.8 Å². The molecule has 0 saturated carbocycles. The summed E-state index contributed by atoms with van der Waals surface area (Å²) in [4.78, 5) is 59.5. The molecule has 2 aromatic carbocycles. The minimum absolute atomic E-state index is 0.0161. The van der Waals surface area contributed by atoms with Gasteiger partial charge in [0, 0.05) is 40.4 Å². The van der Waals surface area contributed by atoms with Gasteiger partial charge in [0.15, 0.2) is 0 Å². The number of carboxylic acid groups (broad SMARTS) is 1. The van der Waals surface area contributed by atoms with E-state index in [0.717, 1.165) is 27.6 Å². The van der Waals surface area contributed by atoms with Crippen molar-refractivity contribution in [2.75, 3.05) is 26.2 Å². The topological polar surface area (TPSA) is 210 Å². The van der Waals surface area contributed by atoms with Crippen LogP contribution in [0, 0.1) is 0 Å². The quantitative estimate of drug-likeness (QED) is 0.0935. The Kier molecular flexibility index (Phi) is 13.3. The van der Waals surface area contributed by atoms with Crippen molar-refractivity contribution in [2.45, 2.75) is 77.5 Å². The molecule has 1 aliphatic rings. The minimum atomic E-state index is -1.65. The number of benzene rings is 2. The van der Waals surface area contributed by atoms with Crippen LogP contribution in [0.3, 0.4) is 0 Å². The monoisotopic (exact) mass is 714 g/mol. The highest BCUT2D eigenvalue weighted by atomic mass is 16.5. The SMILES string of the molecule is C=C(C)c1cnc2ccccc2c1-c1cc(C(=O)N[C@@H](CCCCN)C(=O)N2CCC(C)(O)C2C(=O)NC(C(=O)O)=C(C)C)ccc1OCCCN. The molecule has 4 rings (SSSR count). The predicted molar refractivity (Wildman–Crippen MR) is 200 cm³/mol. The van der Waals surface area contributed by atoms with Crippen LogP contribution < -0.4 is 26.8 Å². The van der Waals surface area contributed by atoms with Gasteiger partial charge in [0.1, 0.15) is 23.5 Å². The third kappa shape index (κ3) is 9.02. The van der Waals surface area contributed by atoms with Gasteiger partial charge in [-0.1, -0.05) is 24.8 Å². The number of nitrogens with one attached hydrogen (secondary N) is 2. The number of para-hydroxylation sites is 1. The number of fused-ring (bicyclic) bond motifs is 1. The van der Waals surface area contributed by atoms with Crippen LogP contribution in [0.5, 0.6) is 5.75 Å². The van der Waals surface area contributed by atoms with Gasteiger partial charge in [-0.05, 0) is 108 Å². The number of unbranched alkanes of at least 4 members (excludes halogenated alkanes) is 1. The molecule has 1 fully saturated rings. The largest absolute Gasteiger partial charge is 0.493 e. The lowest BCUT2D eigenvalue weighted by Crippen LogP contribution is -2.58. The first-order valence-electron chi connectivity index (χ1n) is 17.5. The average Bonchev–Trinajstić information content (AvgIpc) is 3.43. The van der Waals surface area contributed by atoms with Crippen LogP contribution >= 0.6 is 0 Å². The fourth-order valence-electron chi connectivity index (χ4n) is 6.40. The third-order valence-electron chi connectivity index (χ3n) is 9.16. The number of ether oxygens (including phenoxy) is 1. The summed E-state index contributed by atoms with van der Waals surface area (Å²) in [5, 5.41) is 26.9. The molecule has 3 amide bonds. The Morgan fingerprint density at radius 1 is 1.08 bits per heavy atom. The number of hydrogen-bond donors (Lipinski definition) is 6. The molecule has 278 valence electrons. The number of hydrogen-bond acceptors (Lipinski definition) is 9. The van der Waals surface area contributed by atoms with Gasteiger partial charge in [-0.2, -0.15) is 0 Å². The number of carbonyl (C=O) groups is 4. The summed E-state index contributed by atoms with van der Waals surface area (Å²) >= 11 is 0. The first-order valence-corrected chi connectivity index (χ1v) is 17.5.